The first-order chi connectivity index (χ1) is 5.77. The van der Waals surface area contributed by atoms with Crippen LogP contribution >= 0.6 is 0 Å². The van der Waals surface area contributed by atoms with E-state index in [4.69, 9.17) is 10.8 Å². The van der Waals surface area contributed by atoms with Crippen LogP contribution in [-0.2, 0) is 0 Å². The van der Waals surface area contributed by atoms with Crippen LogP contribution in [-0.4, -0.2) is 15.1 Å². The maximum absolute atomic E-state index is 9.06. The summed E-state index contributed by atoms with van der Waals surface area (Å²) in [4.78, 5) is 6.98. The lowest BCUT2D eigenvalue weighted by atomic mass is 10.2. The van der Waals surface area contributed by atoms with E-state index < -0.39 is 6.23 Å². The van der Waals surface area contributed by atoms with E-state index in [0.717, 1.165) is 11.0 Å². The number of aliphatic hydroxyl groups excluding tert-OH is 1. The Labute approximate surface area is 69.0 Å². The summed E-state index contributed by atoms with van der Waals surface area (Å²) < 4.78 is 0. The molecule has 4 nitrogen and oxygen atoms in total. The zero-order valence-electron chi connectivity index (χ0n) is 6.36. The number of nitrogens with one attached hydrogen (secondary N) is 1. The highest BCUT2D eigenvalue weighted by Crippen LogP contribution is 2.14. The van der Waals surface area contributed by atoms with Crippen molar-refractivity contribution in [3.8, 4) is 0 Å². The number of nitrogens with two attached hydrogens (primary N) is 1. The van der Waals surface area contributed by atoms with Gasteiger partial charge in [0, 0.05) is 0 Å². The van der Waals surface area contributed by atoms with Crippen LogP contribution in [0.5, 0.6) is 0 Å². The monoisotopic (exact) mass is 163 g/mol. The smallest absolute Gasteiger partial charge is 0.128 e. The Balaban J connectivity index is 2.60. The van der Waals surface area contributed by atoms with E-state index in [0.29, 0.717) is 5.56 Å². The third-order valence-corrected chi connectivity index (χ3v) is 1.79. The average molecular weight is 163 g/mol. The van der Waals surface area contributed by atoms with Crippen molar-refractivity contribution in [1.82, 2.24) is 9.97 Å². The minimum absolute atomic E-state index is 0.687. The molecule has 4 heteroatoms. The highest BCUT2D eigenvalue weighted by atomic mass is 16.3. The SMILES string of the molecule is NC(O)c1ccc2nc[nH]c2c1. The maximum atomic E-state index is 9.06. The summed E-state index contributed by atoms with van der Waals surface area (Å²) in [7, 11) is 0. The summed E-state index contributed by atoms with van der Waals surface area (Å²) in [5.74, 6) is 0. The van der Waals surface area contributed by atoms with Gasteiger partial charge in [-0.3, -0.25) is 0 Å². The fourth-order valence-electron chi connectivity index (χ4n) is 1.14. The van der Waals surface area contributed by atoms with Crippen molar-refractivity contribution in [1.29, 1.82) is 0 Å². The number of aromatic nitrogens is 2. The summed E-state index contributed by atoms with van der Waals surface area (Å²) in [6.45, 7) is 0. The number of rotatable bonds is 1. The van der Waals surface area contributed by atoms with Gasteiger partial charge in [-0.2, -0.15) is 0 Å². The predicted molar refractivity (Wildman–Crippen MR) is 45.2 cm³/mol. The number of hydrogen-bond donors (Lipinski definition) is 3. The second-order valence-electron chi connectivity index (χ2n) is 2.62. The minimum atomic E-state index is -0.919. The second-order valence-corrected chi connectivity index (χ2v) is 2.62. The van der Waals surface area contributed by atoms with Crippen LogP contribution in [0.2, 0.25) is 0 Å². The van der Waals surface area contributed by atoms with Crippen LogP contribution in [0.15, 0.2) is 24.5 Å². The summed E-state index contributed by atoms with van der Waals surface area (Å²) in [5.41, 5.74) is 7.74. The summed E-state index contributed by atoms with van der Waals surface area (Å²) in [6, 6.07) is 5.36. The number of H-pyrrole nitrogens is 1. The zero-order chi connectivity index (χ0) is 8.55. The Hall–Kier alpha value is -1.39. The highest BCUT2D eigenvalue weighted by molar-refractivity contribution is 5.75. The quantitative estimate of drug-likeness (QED) is 0.536. The fraction of sp³-hybridized carbons (Fsp3) is 0.125. The summed E-state index contributed by atoms with van der Waals surface area (Å²) in [6.07, 6.45) is 0.690. The number of aromatic amines is 1. The third kappa shape index (κ3) is 1.07. The maximum Gasteiger partial charge on any atom is 0.128 e. The van der Waals surface area contributed by atoms with Gasteiger partial charge in [0.25, 0.3) is 0 Å². The standard InChI is InChI=1S/C8H9N3O/c9-8(12)5-1-2-6-7(3-5)11-4-10-6/h1-4,8,12H,9H2,(H,10,11). The first kappa shape index (κ1) is 7.27. The number of imidazole rings is 1. The van der Waals surface area contributed by atoms with Crippen molar-refractivity contribution in [2.45, 2.75) is 6.23 Å². The molecule has 1 atom stereocenters. The van der Waals surface area contributed by atoms with Gasteiger partial charge in [0.05, 0.1) is 17.4 Å². The molecule has 0 fully saturated rings. The van der Waals surface area contributed by atoms with E-state index in [9.17, 15) is 0 Å². The number of nitrogens with zero attached hydrogens (tertiary/aromatic N) is 1. The number of hydrogen-bond acceptors (Lipinski definition) is 3. The predicted octanol–water partition coefficient (Wildman–Crippen LogP) is 0.513. The molecule has 0 radical (unpaired) electrons. The summed E-state index contributed by atoms with van der Waals surface area (Å²) >= 11 is 0. The van der Waals surface area contributed by atoms with E-state index in [1.807, 2.05) is 6.07 Å². The van der Waals surface area contributed by atoms with Crippen LogP contribution in [0.1, 0.15) is 11.8 Å². The molecule has 1 unspecified atom stereocenters. The molecule has 62 valence electrons. The number of benzene rings is 1. The lowest BCUT2D eigenvalue weighted by Crippen LogP contribution is -2.07. The molecule has 0 bridgehead atoms. The fourth-order valence-corrected chi connectivity index (χ4v) is 1.14. The minimum Gasteiger partial charge on any atom is -0.375 e. The second kappa shape index (κ2) is 2.58. The molecule has 1 heterocycles. The average Bonchev–Trinajstić information content (AvgIpc) is 2.49. The normalized spacial score (nSPS) is 13.5. The highest BCUT2D eigenvalue weighted by Gasteiger charge is 2.02. The number of fused-ring (bicyclic) bond motifs is 1. The molecule has 1 aromatic heterocycles. The molecule has 0 aliphatic heterocycles. The van der Waals surface area contributed by atoms with Crippen molar-refractivity contribution in [2.24, 2.45) is 5.73 Å². The van der Waals surface area contributed by atoms with Crippen molar-refractivity contribution in [3.63, 3.8) is 0 Å². The topological polar surface area (TPSA) is 74.9 Å². The van der Waals surface area contributed by atoms with E-state index in [2.05, 4.69) is 9.97 Å². The molecule has 0 aliphatic carbocycles. The Morgan fingerprint density at radius 2 is 2.33 bits per heavy atom. The van der Waals surface area contributed by atoms with Crippen LogP contribution in [0, 0.1) is 0 Å². The van der Waals surface area contributed by atoms with Gasteiger partial charge in [0.2, 0.25) is 0 Å². The third-order valence-electron chi connectivity index (χ3n) is 1.79. The van der Waals surface area contributed by atoms with Gasteiger partial charge in [-0.1, -0.05) is 6.07 Å². The van der Waals surface area contributed by atoms with Gasteiger partial charge in [0.1, 0.15) is 6.23 Å². The Bertz CT molecular complexity index is 394. The molecule has 0 saturated carbocycles. The first-order valence-electron chi connectivity index (χ1n) is 3.64. The molecule has 2 rings (SSSR count). The van der Waals surface area contributed by atoms with Crippen LogP contribution < -0.4 is 5.73 Å². The van der Waals surface area contributed by atoms with E-state index in [-0.39, 0.29) is 0 Å². The number of aliphatic hydroxyl groups is 1. The van der Waals surface area contributed by atoms with Crippen molar-refractivity contribution in [2.75, 3.05) is 0 Å². The molecule has 0 saturated heterocycles. The Kier molecular flexibility index (Phi) is 1.56. The largest absolute Gasteiger partial charge is 0.375 e. The van der Waals surface area contributed by atoms with E-state index >= 15 is 0 Å². The van der Waals surface area contributed by atoms with Gasteiger partial charge < -0.3 is 15.8 Å². The van der Waals surface area contributed by atoms with E-state index in [1.54, 1.807) is 18.5 Å². The van der Waals surface area contributed by atoms with Gasteiger partial charge in [-0.25, -0.2) is 4.98 Å². The molecule has 2 aromatic rings. The molecular weight excluding hydrogens is 154 g/mol. The molecule has 0 amide bonds. The van der Waals surface area contributed by atoms with Gasteiger partial charge in [-0.05, 0) is 17.7 Å². The lowest BCUT2D eigenvalue weighted by Gasteiger charge is -2.02. The van der Waals surface area contributed by atoms with Crippen LogP contribution in [0.4, 0.5) is 0 Å². The van der Waals surface area contributed by atoms with Gasteiger partial charge in [-0.15, -0.1) is 0 Å². The lowest BCUT2D eigenvalue weighted by molar-refractivity contribution is 0.186. The van der Waals surface area contributed by atoms with Gasteiger partial charge in [0.15, 0.2) is 0 Å². The molecule has 12 heavy (non-hydrogen) atoms. The van der Waals surface area contributed by atoms with Gasteiger partial charge >= 0.3 is 0 Å². The molecular formula is C8H9N3O. The molecule has 0 spiro atoms. The molecule has 4 N–H and O–H groups in total. The zero-order valence-corrected chi connectivity index (χ0v) is 6.36. The van der Waals surface area contributed by atoms with E-state index in [1.165, 1.54) is 0 Å². The Morgan fingerprint density at radius 3 is 3.08 bits per heavy atom. The van der Waals surface area contributed by atoms with Crippen molar-refractivity contribution < 1.29 is 5.11 Å². The molecule has 1 aromatic carbocycles. The van der Waals surface area contributed by atoms with Crippen LogP contribution in [0.25, 0.3) is 11.0 Å². The van der Waals surface area contributed by atoms with Crippen molar-refractivity contribution >= 4 is 11.0 Å². The first-order valence-corrected chi connectivity index (χ1v) is 3.64. The molecule has 0 aliphatic rings. The Morgan fingerprint density at radius 1 is 1.50 bits per heavy atom. The summed E-state index contributed by atoms with van der Waals surface area (Å²) in [5, 5.41) is 9.06. The van der Waals surface area contributed by atoms with Crippen LogP contribution in [0.3, 0.4) is 0 Å². The van der Waals surface area contributed by atoms with Crippen molar-refractivity contribution in [3.05, 3.63) is 30.1 Å².